The topological polar surface area (TPSA) is 83.0 Å². The molecular weight excluding hydrogens is 368 g/mol. The first-order valence-electron chi connectivity index (χ1n) is 10.4. The van der Waals surface area contributed by atoms with Gasteiger partial charge in [-0.15, -0.1) is 0 Å². The molecule has 2 heterocycles. The molecule has 0 spiro atoms. The summed E-state index contributed by atoms with van der Waals surface area (Å²) in [5.41, 5.74) is 4.46. The van der Waals surface area contributed by atoms with E-state index in [1.54, 1.807) is 0 Å². The van der Waals surface area contributed by atoms with Gasteiger partial charge in [0.2, 0.25) is 5.82 Å². The van der Waals surface area contributed by atoms with Crippen LogP contribution in [0, 0.1) is 11.3 Å². The average molecular weight is 396 g/mol. The van der Waals surface area contributed by atoms with E-state index in [4.69, 9.17) is 14.4 Å². The zero-order valence-electron chi connectivity index (χ0n) is 17.6. The minimum Gasteiger partial charge on any atom is -0.466 e. The zero-order chi connectivity index (χ0) is 20.6. The van der Waals surface area contributed by atoms with Gasteiger partial charge in [-0.25, -0.2) is 0 Å². The monoisotopic (exact) mass is 396 g/mol. The van der Waals surface area contributed by atoms with Gasteiger partial charge in [-0.1, -0.05) is 37.2 Å². The first-order valence-corrected chi connectivity index (χ1v) is 10.4. The Balaban J connectivity index is 1.58. The lowest BCUT2D eigenvalue weighted by atomic mass is 9.76. The molecule has 0 bridgehead atoms. The molecule has 154 valence electrons. The van der Waals surface area contributed by atoms with Gasteiger partial charge in [0.25, 0.3) is 5.89 Å². The van der Waals surface area contributed by atoms with Crippen LogP contribution in [0.15, 0.2) is 22.8 Å². The maximum absolute atomic E-state index is 11.9. The summed E-state index contributed by atoms with van der Waals surface area (Å²) in [6.45, 7) is 9.74. The molecule has 1 unspecified atom stereocenters. The highest BCUT2D eigenvalue weighted by Crippen LogP contribution is 2.39. The molecule has 7 nitrogen and oxygen atoms in total. The maximum Gasteiger partial charge on any atom is 0.313 e. The molecule has 0 fully saturated rings. The molecule has 0 N–H and O–H groups in total. The summed E-state index contributed by atoms with van der Waals surface area (Å²) in [5.74, 6) is 0.535. The van der Waals surface area contributed by atoms with Crippen molar-refractivity contribution in [3.05, 3.63) is 35.3 Å². The Hall–Kier alpha value is -2.70. The molecule has 0 radical (unpaired) electrons. The molecule has 4 rings (SSSR count). The minimum atomic E-state index is -0.249. The van der Waals surface area contributed by atoms with Crippen molar-refractivity contribution in [2.75, 3.05) is 6.61 Å². The quantitative estimate of drug-likeness (QED) is 0.711. The zero-order valence-corrected chi connectivity index (χ0v) is 17.6. The van der Waals surface area contributed by atoms with Crippen LogP contribution in [-0.2, 0) is 28.9 Å². The molecule has 2 aromatic rings. The number of esters is 1. The molecule has 0 aromatic carbocycles. The number of nitrogens with zero attached hydrogens (tertiary/aromatic N) is 4. The van der Waals surface area contributed by atoms with Gasteiger partial charge in [-0.2, -0.15) is 10.1 Å². The van der Waals surface area contributed by atoms with Gasteiger partial charge in [-0.3, -0.25) is 9.48 Å². The molecule has 2 aromatic heterocycles. The molecule has 1 atom stereocenters. The summed E-state index contributed by atoms with van der Waals surface area (Å²) in [4.78, 5) is 16.5. The standard InChI is InChI=1S/C22H28N4O3/c1-5-26-17-13-22(3,4)12-11-16(17)18(24-26)20-23-19(25-29-20)14-7-9-15(10-8-14)21(27)28-6-2/h7-9,15H,5-6,10-13H2,1-4H3. The number of aryl methyl sites for hydroxylation is 1. The molecule has 0 amide bonds. The van der Waals surface area contributed by atoms with Crippen LogP contribution in [-0.4, -0.2) is 32.5 Å². The SMILES string of the molecule is CCOC(=O)C1C=CC(c2noc(-c3nn(CC)c4c3CCC(C)(C)C4)n2)=CC1. The lowest BCUT2D eigenvalue weighted by Gasteiger charge is -2.30. The number of rotatable bonds is 5. The Morgan fingerprint density at radius 3 is 2.90 bits per heavy atom. The second kappa shape index (κ2) is 7.61. The van der Waals surface area contributed by atoms with E-state index >= 15 is 0 Å². The summed E-state index contributed by atoms with van der Waals surface area (Å²) in [5, 5.41) is 8.95. The summed E-state index contributed by atoms with van der Waals surface area (Å²) < 4.78 is 12.7. The van der Waals surface area contributed by atoms with Crippen molar-refractivity contribution in [1.29, 1.82) is 0 Å². The highest BCUT2D eigenvalue weighted by atomic mass is 16.5. The van der Waals surface area contributed by atoms with Crippen molar-refractivity contribution in [1.82, 2.24) is 19.9 Å². The van der Waals surface area contributed by atoms with E-state index < -0.39 is 0 Å². The van der Waals surface area contributed by atoms with Crippen LogP contribution in [0.3, 0.4) is 0 Å². The normalized spacial score (nSPS) is 20.3. The van der Waals surface area contributed by atoms with Gasteiger partial charge in [0.05, 0.1) is 12.5 Å². The third-order valence-corrected chi connectivity index (χ3v) is 5.74. The molecule has 2 aliphatic rings. The fraction of sp³-hybridized carbons (Fsp3) is 0.545. The van der Waals surface area contributed by atoms with E-state index in [2.05, 4.69) is 35.6 Å². The second-order valence-electron chi connectivity index (χ2n) is 8.47. The number of hydrogen-bond donors (Lipinski definition) is 0. The van der Waals surface area contributed by atoms with Crippen molar-refractivity contribution < 1.29 is 14.1 Å². The molecule has 0 aliphatic heterocycles. The number of ether oxygens (including phenoxy) is 1. The Labute approximate surface area is 170 Å². The van der Waals surface area contributed by atoms with Crippen LogP contribution in [0.4, 0.5) is 0 Å². The van der Waals surface area contributed by atoms with Crippen molar-refractivity contribution >= 4 is 11.5 Å². The summed E-state index contributed by atoms with van der Waals surface area (Å²) in [6, 6.07) is 0. The van der Waals surface area contributed by atoms with Gasteiger partial charge in [0, 0.05) is 23.4 Å². The third-order valence-electron chi connectivity index (χ3n) is 5.74. The van der Waals surface area contributed by atoms with Crippen molar-refractivity contribution in [2.45, 2.75) is 59.9 Å². The summed E-state index contributed by atoms with van der Waals surface area (Å²) >= 11 is 0. The smallest absolute Gasteiger partial charge is 0.313 e. The molecule has 0 saturated heterocycles. The van der Waals surface area contributed by atoms with E-state index in [1.807, 2.05) is 25.2 Å². The van der Waals surface area contributed by atoms with Crippen molar-refractivity contribution in [3.8, 4) is 11.6 Å². The van der Waals surface area contributed by atoms with Crippen LogP contribution in [0.2, 0.25) is 0 Å². The van der Waals surface area contributed by atoms with E-state index in [0.29, 0.717) is 24.7 Å². The maximum atomic E-state index is 11.9. The van der Waals surface area contributed by atoms with Crippen LogP contribution < -0.4 is 0 Å². The lowest BCUT2D eigenvalue weighted by Crippen LogP contribution is -2.24. The van der Waals surface area contributed by atoms with Gasteiger partial charge in [0.1, 0.15) is 0 Å². The lowest BCUT2D eigenvalue weighted by molar-refractivity contribution is -0.146. The van der Waals surface area contributed by atoms with Gasteiger partial charge < -0.3 is 9.26 Å². The molecule has 2 aliphatic carbocycles. The molecule has 0 saturated carbocycles. The predicted octanol–water partition coefficient (Wildman–Crippen LogP) is 3.99. The molecule has 7 heteroatoms. The van der Waals surface area contributed by atoms with E-state index in [9.17, 15) is 4.79 Å². The van der Waals surface area contributed by atoms with Crippen LogP contribution >= 0.6 is 0 Å². The van der Waals surface area contributed by atoms with E-state index in [-0.39, 0.29) is 17.3 Å². The number of allylic oxidation sites excluding steroid dienone is 3. The van der Waals surface area contributed by atoms with Gasteiger partial charge in [-0.05, 0) is 44.9 Å². The molecule has 29 heavy (non-hydrogen) atoms. The van der Waals surface area contributed by atoms with Crippen molar-refractivity contribution in [2.24, 2.45) is 11.3 Å². The van der Waals surface area contributed by atoms with Crippen LogP contribution in [0.25, 0.3) is 17.2 Å². The Bertz CT molecular complexity index is 980. The highest BCUT2D eigenvalue weighted by Gasteiger charge is 2.32. The van der Waals surface area contributed by atoms with Gasteiger partial charge in [0.15, 0.2) is 5.69 Å². The molecular formula is C22H28N4O3. The van der Waals surface area contributed by atoms with Crippen LogP contribution in [0.1, 0.15) is 57.6 Å². The number of carbonyl (C=O) groups is 1. The van der Waals surface area contributed by atoms with E-state index in [1.165, 1.54) is 11.3 Å². The highest BCUT2D eigenvalue weighted by molar-refractivity contribution is 5.79. The first kappa shape index (κ1) is 19.6. The number of hydrogen-bond acceptors (Lipinski definition) is 6. The van der Waals surface area contributed by atoms with E-state index in [0.717, 1.165) is 37.1 Å². The fourth-order valence-corrected chi connectivity index (χ4v) is 4.08. The summed E-state index contributed by atoms with van der Waals surface area (Å²) in [7, 11) is 0. The van der Waals surface area contributed by atoms with Crippen molar-refractivity contribution in [3.63, 3.8) is 0 Å². The Kier molecular flexibility index (Phi) is 5.15. The number of aromatic nitrogens is 4. The first-order chi connectivity index (χ1) is 13.9. The van der Waals surface area contributed by atoms with Crippen LogP contribution in [0.5, 0.6) is 0 Å². The third kappa shape index (κ3) is 3.78. The number of fused-ring (bicyclic) bond motifs is 1. The fourth-order valence-electron chi connectivity index (χ4n) is 4.08. The largest absolute Gasteiger partial charge is 0.466 e. The minimum absolute atomic E-state index is 0.201. The number of carbonyl (C=O) groups excluding carboxylic acids is 1. The predicted molar refractivity (Wildman–Crippen MR) is 109 cm³/mol. The summed E-state index contributed by atoms with van der Waals surface area (Å²) in [6.07, 6.45) is 9.34. The van der Waals surface area contributed by atoms with Gasteiger partial charge >= 0.3 is 5.97 Å². The average Bonchev–Trinajstić information content (AvgIpc) is 3.32. The Morgan fingerprint density at radius 2 is 2.21 bits per heavy atom. The Morgan fingerprint density at radius 1 is 1.38 bits per heavy atom. The second-order valence-corrected chi connectivity index (χ2v) is 8.47.